The van der Waals surface area contributed by atoms with Gasteiger partial charge in [0, 0.05) is 31.9 Å². The zero-order chi connectivity index (χ0) is 51.1. The van der Waals surface area contributed by atoms with Crippen LogP contribution in [0.25, 0.3) is 0 Å². The van der Waals surface area contributed by atoms with Crippen LogP contribution in [0.2, 0.25) is 0 Å². The fraction of sp³-hybridized carbons (Fsp3) is 0.743. The van der Waals surface area contributed by atoms with Gasteiger partial charge in [-0.2, -0.15) is 0 Å². The second-order valence-electron chi connectivity index (χ2n) is 21.9. The lowest BCUT2D eigenvalue weighted by Gasteiger charge is -2.08. The Balaban J connectivity index is 1.56. The van der Waals surface area contributed by atoms with E-state index in [-0.39, 0.29) is 0 Å². The number of benzene rings is 2. The normalized spacial score (nSPS) is 11.6. The molecule has 2 aromatic carbocycles. The molecule has 2 nitrogen and oxygen atoms in total. The Morgan fingerprint density at radius 1 is 0.319 bits per heavy atom. The predicted molar refractivity (Wildman–Crippen MR) is 325 cm³/mol. The standard InChI is InChI=1S/C70H116N2/c1-4-7-10-12-14-16-18-20-22-24-26-28-30-32-34-36-38-40-42-44-46-48-50-52-58-66-60-54-56-63-69(66)71-65-68(62-9-6-3)72-70-64-57-55-61-67(70)59-53-51-49-47-45-43-41-39-37-35-33-31-29-27-25-23-21-19-17-15-13-11-8-5-2/h54-57,60-61,63-65H,4-45,50-53,58-59,62H2,1-3H3. The minimum absolute atomic E-state index is 0.941. The Hall–Kier alpha value is -3.10. The maximum absolute atomic E-state index is 5.23. The molecular weight excluding hydrogens is 869 g/mol. The van der Waals surface area contributed by atoms with E-state index in [1.54, 1.807) is 0 Å². The molecule has 0 radical (unpaired) electrons. The van der Waals surface area contributed by atoms with Crippen LogP contribution in [0.4, 0.5) is 11.4 Å². The number of rotatable bonds is 50. The summed E-state index contributed by atoms with van der Waals surface area (Å²) in [5.74, 6) is 13.9. The number of aryl methyl sites for hydroxylation is 2. The van der Waals surface area contributed by atoms with Gasteiger partial charge in [-0.3, -0.25) is 9.98 Å². The zero-order valence-electron chi connectivity index (χ0n) is 48.2. The number of aliphatic imine (C=N–C) groups is 2. The number of hydrogen-bond acceptors (Lipinski definition) is 2. The molecule has 0 saturated carbocycles. The lowest BCUT2D eigenvalue weighted by molar-refractivity contribution is 0.524. The highest BCUT2D eigenvalue weighted by Crippen LogP contribution is 2.24. The number of unbranched alkanes of at least 4 members (excludes halogenated alkanes) is 41. The van der Waals surface area contributed by atoms with Crippen molar-refractivity contribution in [3.05, 3.63) is 59.7 Å². The van der Waals surface area contributed by atoms with E-state index in [4.69, 9.17) is 9.98 Å². The average molecular weight is 986 g/mol. The maximum atomic E-state index is 5.23. The molecule has 72 heavy (non-hydrogen) atoms. The van der Waals surface area contributed by atoms with Crippen molar-refractivity contribution in [2.45, 2.75) is 335 Å². The molecule has 0 bridgehead atoms. The lowest BCUT2D eigenvalue weighted by Crippen LogP contribution is -2.00. The Bertz CT molecular complexity index is 1660. The Labute approximate surface area is 449 Å². The number of nitrogens with zero attached hydrogens (tertiary/aromatic N) is 2. The van der Waals surface area contributed by atoms with Crippen LogP contribution in [0.3, 0.4) is 0 Å². The van der Waals surface area contributed by atoms with Gasteiger partial charge in [-0.15, -0.1) is 23.7 Å². The van der Waals surface area contributed by atoms with Crippen molar-refractivity contribution in [1.82, 2.24) is 0 Å². The lowest BCUT2D eigenvalue weighted by atomic mass is 10.0. The number of para-hydroxylation sites is 2. The third-order valence-electron chi connectivity index (χ3n) is 14.9. The van der Waals surface area contributed by atoms with E-state index in [1.807, 2.05) is 6.21 Å². The van der Waals surface area contributed by atoms with Gasteiger partial charge in [0.25, 0.3) is 0 Å². The molecule has 0 atom stereocenters. The van der Waals surface area contributed by atoms with E-state index < -0.39 is 0 Å². The van der Waals surface area contributed by atoms with Crippen LogP contribution in [-0.2, 0) is 12.8 Å². The van der Waals surface area contributed by atoms with Gasteiger partial charge in [0.05, 0.1) is 17.1 Å². The molecule has 406 valence electrons. The summed E-state index contributed by atoms with van der Waals surface area (Å²) in [5, 5.41) is 0. The fourth-order valence-corrected chi connectivity index (χ4v) is 10.2. The van der Waals surface area contributed by atoms with Crippen LogP contribution < -0.4 is 0 Å². The number of hydrogen-bond donors (Lipinski definition) is 0. The molecule has 0 aromatic heterocycles. The first kappa shape index (κ1) is 65.0. The van der Waals surface area contributed by atoms with Gasteiger partial charge in [-0.25, -0.2) is 0 Å². The topological polar surface area (TPSA) is 24.7 Å². The summed E-state index contributed by atoms with van der Waals surface area (Å²) < 4.78 is 0. The van der Waals surface area contributed by atoms with Gasteiger partial charge < -0.3 is 0 Å². The van der Waals surface area contributed by atoms with Crippen molar-refractivity contribution in [2.24, 2.45) is 9.98 Å². The van der Waals surface area contributed by atoms with Gasteiger partial charge in [0.1, 0.15) is 0 Å². The molecule has 2 aromatic rings. The van der Waals surface area contributed by atoms with Crippen LogP contribution in [0.1, 0.15) is 334 Å². The van der Waals surface area contributed by atoms with E-state index in [0.717, 1.165) is 87.7 Å². The summed E-state index contributed by atoms with van der Waals surface area (Å²) in [5.41, 5.74) is 5.85. The Morgan fingerprint density at radius 2 is 0.597 bits per heavy atom. The molecule has 0 spiro atoms. The SMILES string of the molecule is CCCCCCCCCCCCCCCCCCCCCC#CCCCc1ccccc1N=CC(CCCC)=Nc1ccccc1CCCC#CCCCCCCCCCCCCCCCCCCCCC. The first-order chi connectivity index (χ1) is 35.8. The molecule has 2 heteroatoms. The molecule has 0 fully saturated rings. The first-order valence-electron chi connectivity index (χ1n) is 32.0. The van der Waals surface area contributed by atoms with Crippen LogP contribution in [-0.4, -0.2) is 11.9 Å². The highest BCUT2D eigenvalue weighted by Gasteiger charge is 2.06. The highest BCUT2D eigenvalue weighted by atomic mass is 14.8. The fourth-order valence-electron chi connectivity index (χ4n) is 10.2. The molecule has 0 aliphatic carbocycles. The largest absolute Gasteiger partial charge is 0.255 e. The minimum atomic E-state index is 0.941. The molecule has 0 aliphatic heterocycles. The quantitative estimate of drug-likeness (QED) is 0.0359. The van der Waals surface area contributed by atoms with Gasteiger partial charge in [0.2, 0.25) is 0 Å². The van der Waals surface area contributed by atoms with E-state index in [0.29, 0.717) is 0 Å². The first-order valence-corrected chi connectivity index (χ1v) is 32.0. The van der Waals surface area contributed by atoms with Crippen molar-refractivity contribution >= 4 is 23.3 Å². The third-order valence-corrected chi connectivity index (χ3v) is 14.9. The summed E-state index contributed by atoms with van der Waals surface area (Å²) in [4.78, 5) is 10.3. The van der Waals surface area contributed by atoms with E-state index in [1.165, 1.54) is 255 Å². The van der Waals surface area contributed by atoms with Crippen molar-refractivity contribution in [3.63, 3.8) is 0 Å². The molecule has 0 heterocycles. The summed E-state index contributed by atoms with van der Waals surface area (Å²) in [7, 11) is 0. The van der Waals surface area contributed by atoms with Crippen molar-refractivity contribution in [1.29, 1.82) is 0 Å². The van der Waals surface area contributed by atoms with Gasteiger partial charge in [-0.1, -0.05) is 295 Å². The van der Waals surface area contributed by atoms with Crippen LogP contribution in [0.15, 0.2) is 58.5 Å². The molecule has 2 rings (SSSR count). The second-order valence-corrected chi connectivity index (χ2v) is 21.9. The molecular formula is C70H116N2. The predicted octanol–water partition coefficient (Wildman–Crippen LogP) is 23.6. The second kappa shape index (κ2) is 52.8. The third kappa shape index (κ3) is 41.3. The average Bonchev–Trinajstić information content (AvgIpc) is 3.40. The van der Waals surface area contributed by atoms with Gasteiger partial charge >= 0.3 is 0 Å². The van der Waals surface area contributed by atoms with Gasteiger partial charge in [-0.05, 0) is 74.6 Å². The summed E-state index contributed by atoms with van der Waals surface area (Å²) in [6.45, 7) is 6.87. The van der Waals surface area contributed by atoms with Crippen LogP contribution in [0, 0.1) is 23.7 Å². The van der Waals surface area contributed by atoms with Gasteiger partial charge in [0.15, 0.2) is 0 Å². The highest BCUT2D eigenvalue weighted by molar-refractivity contribution is 6.31. The summed E-state index contributed by atoms with van der Waals surface area (Å²) >= 11 is 0. The minimum Gasteiger partial charge on any atom is -0.255 e. The molecule has 0 N–H and O–H groups in total. The van der Waals surface area contributed by atoms with E-state index in [9.17, 15) is 0 Å². The van der Waals surface area contributed by atoms with E-state index in [2.05, 4.69) is 93.0 Å². The van der Waals surface area contributed by atoms with Crippen LogP contribution >= 0.6 is 0 Å². The molecule has 0 amide bonds. The van der Waals surface area contributed by atoms with Crippen molar-refractivity contribution in [3.8, 4) is 23.7 Å². The molecule has 0 unspecified atom stereocenters. The summed E-state index contributed by atoms with van der Waals surface area (Å²) in [6, 6.07) is 17.4. The zero-order valence-corrected chi connectivity index (χ0v) is 48.2. The Morgan fingerprint density at radius 3 is 0.944 bits per heavy atom. The smallest absolute Gasteiger partial charge is 0.0665 e. The molecule has 0 aliphatic rings. The maximum Gasteiger partial charge on any atom is 0.0665 e. The van der Waals surface area contributed by atoms with Crippen molar-refractivity contribution in [2.75, 3.05) is 0 Å². The van der Waals surface area contributed by atoms with Crippen molar-refractivity contribution < 1.29 is 0 Å². The van der Waals surface area contributed by atoms with Crippen LogP contribution in [0.5, 0.6) is 0 Å². The van der Waals surface area contributed by atoms with E-state index >= 15 is 0 Å². The monoisotopic (exact) mass is 985 g/mol. The Kier molecular flexibility index (Phi) is 47.6. The molecule has 0 saturated heterocycles. The summed E-state index contributed by atoms with van der Waals surface area (Å²) in [6.07, 6.45) is 67.6.